The molecule has 1 atom stereocenters. The monoisotopic (exact) mass is 543 g/mol. The largest absolute Gasteiger partial charge is 0.494 e. The van der Waals surface area contributed by atoms with Crippen molar-refractivity contribution in [3.05, 3.63) is 58.1 Å². The summed E-state index contributed by atoms with van der Waals surface area (Å²) in [5.41, 5.74) is 0.965. The molecule has 2 rings (SSSR count). The third-order valence-electron chi connectivity index (χ3n) is 5.19. The SMILES string of the molecule is CCNC(=O)[C@@H](CC)N(Cc1ccc(Cl)c(Cl)c1)C(=O)CN(c1ccc(OCC)cc1)S(C)(=O)=O. The Bertz CT molecular complexity index is 1130. The van der Waals surface area contributed by atoms with Gasteiger partial charge in [0, 0.05) is 13.1 Å². The van der Waals surface area contributed by atoms with E-state index in [1.807, 2.05) is 6.92 Å². The fourth-order valence-corrected chi connectivity index (χ4v) is 4.71. The van der Waals surface area contributed by atoms with Crippen molar-refractivity contribution in [3.63, 3.8) is 0 Å². The zero-order valence-electron chi connectivity index (χ0n) is 20.3. The van der Waals surface area contributed by atoms with Gasteiger partial charge in [-0.1, -0.05) is 36.2 Å². The number of nitrogens with zero attached hydrogens (tertiary/aromatic N) is 2. The van der Waals surface area contributed by atoms with Crippen LogP contribution >= 0.6 is 23.2 Å². The van der Waals surface area contributed by atoms with Crippen molar-refractivity contribution in [2.45, 2.75) is 39.8 Å². The summed E-state index contributed by atoms with van der Waals surface area (Å²) in [5, 5.41) is 3.42. The van der Waals surface area contributed by atoms with E-state index < -0.39 is 28.5 Å². The molecule has 11 heteroatoms. The molecule has 2 amide bonds. The number of halogens is 2. The molecule has 0 heterocycles. The number of nitrogens with one attached hydrogen (secondary N) is 1. The van der Waals surface area contributed by atoms with E-state index in [2.05, 4.69) is 5.32 Å². The first-order valence-electron chi connectivity index (χ1n) is 11.2. The van der Waals surface area contributed by atoms with Crippen LogP contribution in [-0.4, -0.2) is 57.1 Å². The molecular formula is C24H31Cl2N3O5S. The second-order valence-electron chi connectivity index (χ2n) is 7.79. The number of benzene rings is 2. The first-order chi connectivity index (χ1) is 16.5. The lowest BCUT2D eigenvalue weighted by Crippen LogP contribution is -2.52. The number of sulfonamides is 1. The number of likely N-dealkylation sites (N-methyl/N-ethyl adjacent to an activating group) is 1. The molecule has 0 aliphatic rings. The number of anilines is 1. The summed E-state index contributed by atoms with van der Waals surface area (Å²) in [6.07, 6.45) is 1.36. The Morgan fingerprint density at radius 1 is 1.03 bits per heavy atom. The molecule has 0 fully saturated rings. The average molecular weight is 545 g/mol. The molecule has 0 unspecified atom stereocenters. The Balaban J connectivity index is 2.42. The maximum atomic E-state index is 13.6. The third-order valence-corrected chi connectivity index (χ3v) is 7.07. The van der Waals surface area contributed by atoms with Gasteiger partial charge in [0.2, 0.25) is 21.8 Å². The molecule has 0 bridgehead atoms. The molecule has 35 heavy (non-hydrogen) atoms. The summed E-state index contributed by atoms with van der Waals surface area (Å²) < 4.78 is 31.7. The molecular weight excluding hydrogens is 513 g/mol. The molecule has 1 N–H and O–H groups in total. The predicted molar refractivity (Wildman–Crippen MR) is 140 cm³/mol. The summed E-state index contributed by atoms with van der Waals surface area (Å²) in [6.45, 7) is 5.84. The molecule has 2 aromatic rings. The maximum absolute atomic E-state index is 13.6. The first kappa shape index (κ1) is 28.7. The first-order valence-corrected chi connectivity index (χ1v) is 13.8. The number of hydrogen-bond donors (Lipinski definition) is 1. The average Bonchev–Trinajstić information content (AvgIpc) is 2.80. The van der Waals surface area contributed by atoms with Crippen LogP contribution in [0.15, 0.2) is 42.5 Å². The number of carbonyl (C=O) groups excluding carboxylic acids is 2. The molecule has 0 aromatic heterocycles. The van der Waals surface area contributed by atoms with E-state index in [1.54, 1.807) is 56.3 Å². The van der Waals surface area contributed by atoms with Crippen molar-refractivity contribution in [2.24, 2.45) is 0 Å². The van der Waals surface area contributed by atoms with Crippen molar-refractivity contribution >= 4 is 50.7 Å². The van der Waals surface area contributed by atoms with Crippen molar-refractivity contribution in [3.8, 4) is 5.75 Å². The highest BCUT2D eigenvalue weighted by Gasteiger charge is 2.31. The highest BCUT2D eigenvalue weighted by Crippen LogP contribution is 2.25. The minimum Gasteiger partial charge on any atom is -0.494 e. The topological polar surface area (TPSA) is 96.0 Å². The van der Waals surface area contributed by atoms with E-state index in [1.165, 1.54) is 4.90 Å². The fraction of sp³-hybridized carbons (Fsp3) is 0.417. The van der Waals surface area contributed by atoms with Crippen LogP contribution in [0.3, 0.4) is 0 Å². The molecule has 0 aliphatic heterocycles. The normalized spacial score (nSPS) is 12.1. The molecule has 0 saturated carbocycles. The maximum Gasteiger partial charge on any atom is 0.244 e. The van der Waals surface area contributed by atoms with Gasteiger partial charge in [-0.15, -0.1) is 0 Å². The highest BCUT2D eigenvalue weighted by atomic mass is 35.5. The van der Waals surface area contributed by atoms with Crippen molar-refractivity contribution in [1.29, 1.82) is 0 Å². The summed E-state index contributed by atoms with van der Waals surface area (Å²) in [5.74, 6) is -0.275. The van der Waals surface area contributed by atoms with Gasteiger partial charge in [-0.25, -0.2) is 8.42 Å². The Labute approximate surface area is 217 Å². The van der Waals surface area contributed by atoms with Gasteiger partial charge in [-0.2, -0.15) is 0 Å². The third kappa shape index (κ3) is 8.02. The second kappa shape index (κ2) is 13.0. The zero-order valence-corrected chi connectivity index (χ0v) is 22.6. The zero-order chi connectivity index (χ0) is 26.2. The molecule has 2 aromatic carbocycles. The molecule has 8 nitrogen and oxygen atoms in total. The van der Waals surface area contributed by atoms with Gasteiger partial charge in [-0.3, -0.25) is 13.9 Å². The lowest BCUT2D eigenvalue weighted by Gasteiger charge is -2.32. The summed E-state index contributed by atoms with van der Waals surface area (Å²) >= 11 is 12.2. The van der Waals surface area contributed by atoms with Gasteiger partial charge < -0.3 is 15.0 Å². The molecule has 192 valence electrons. The molecule has 0 radical (unpaired) electrons. The van der Waals surface area contributed by atoms with Crippen LogP contribution < -0.4 is 14.4 Å². The quantitative estimate of drug-likeness (QED) is 0.434. The van der Waals surface area contributed by atoms with E-state index in [4.69, 9.17) is 27.9 Å². The smallest absolute Gasteiger partial charge is 0.244 e. The minimum absolute atomic E-state index is 0.0479. The second-order valence-corrected chi connectivity index (χ2v) is 10.5. The molecule has 0 saturated heterocycles. The molecule has 0 aliphatic carbocycles. The lowest BCUT2D eigenvalue weighted by molar-refractivity contribution is -0.140. The van der Waals surface area contributed by atoms with Crippen molar-refractivity contribution in [2.75, 3.05) is 30.3 Å². The highest BCUT2D eigenvalue weighted by molar-refractivity contribution is 7.92. The van der Waals surface area contributed by atoms with E-state index in [-0.39, 0.29) is 12.5 Å². The number of carbonyl (C=O) groups is 2. The van der Waals surface area contributed by atoms with E-state index >= 15 is 0 Å². The summed E-state index contributed by atoms with van der Waals surface area (Å²) in [6, 6.07) is 10.6. The number of ether oxygens (including phenoxy) is 1. The van der Waals surface area contributed by atoms with Gasteiger partial charge in [0.05, 0.1) is 28.6 Å². The van der Waals surface area contributed by atoms with Crippen molar-refractivity contribution < 1.29 is 22.7 Å². The Hall–Kier alpha value is -2.49. The van der Waals surface area contributed by atoms with Crippen LogP contribution in [0.4, 0.5) is 5.69 Å². The van der Waals surface area contributed by atoms with Crippen LogP contribution in [0.25, 0.3) is 0 Å². The Morgan fingerprint density at radius 2 is 1.69 bits per heavy atom. The van der Waals surface area contributed by atoms with E-state index in [0.29, 0.717) is 46.6 Å². The van der Waals surface area contributed by atoms with Crippen molar-refractivity contribution in [1.82, 2.24) is 10.2 Å². The number of amides is 2. The number of rotatable bonds is 12. The Morgan fingerprint density at radius 3 is 2.20 bits per heavy atom. The van der Waals surface area contributed by atoms with Crippen LogP contribution in [0.1, 0.15) is 32.8 Å². The van der Waals surface area contributed by atoms with Gasteiger partial charge >= 0.3 is 0 Å². The van der Waals surface area contributed by atoms with Crippen LogP contribution in [0, 0.1) is 0 Å². The van der Waals surface area contributed by atoms with Crippen LogP contribution in [-0.2, 0) is 26.2 Å². The van der Waals surface area contributed by atoms with Gasteiger partial charge in [0.25, 0.3) is 0 Å². The number of hydrogen-bond acceptors (Lipinski definition) is 5. The minimum atomic E-state index is -3.81. The van der Waals surface area contributed by atoms with Crippen LogP contribution in [0.2, 0.25) is 10.0 Å². The predicted octanol–water partition coefficient (Wildman–Crippen LogP) is 4.10. The molecule has 0 spiro atoms. The summed E-state index contributed by atoms with van der Waals surface area (Å²) in [7, 11) is -3.81. The standard InChI is InChI=1S/C24H31Cl2N3O5S/c1-5-22(24(31)27-6-2)28(15-17-8-13-20(25)21(26)14-17)23(30)16-29(35(4,32)33)18-9-11-19(12-10-18)34-7-3/h8-14,22H,5-7,15-16H2,1-4H3,(H,27,31)/t22-/m1/s1. The Kier molecular flexibility index (Phi) is 10.7. The van der Waals surface area contributed by atoms with Gasteiger partial charge in [0.15, 0.2) is 0 Å². The van der Waals surface area contributed by atoms with E-state index in [9.17, 15) is 18.0 Å². The summed E-state index contributed by atoms with van der Waals surface area (Å²) in [4.78, 5) is 27.7. The fourth-order valence-electron chi connectivity index (χ4n) is 3.54. The van der Waals surface area contributed by atoms with Gasteiger partial charge in [0.1, 0.15) is 18.3 Å². The van der Waals surface area contributed by atoms with Crippen LogP contribution in [0.5, 0.6) is 5.75 Å². The van der Waals surface area contributed by atoms with Gasteiger partial charge in [-0.05, 0) is 62.2 Å². The van der Waals surface area contributed by atoms with E-state index in [0.717, 1.165) is 10.6 Å². The lowest BCUT2D eigenvalue weighted by atomic mass is 10.1.